The monoisotopic (exact) mass is 421 g/mol. The molecule has 0 spiro atoms. The van der Waals surface area contributed by atoms with Crippen LogP contribution in [-0.4, -0.2) is 21.2 Å². The summed E-state index contributed by atoms with van der Waals surface area (Å²) < 4.78 is 2.76. The number of benzene rings is 2. The third-order valence-electron chi connectivity index (χ3n) is 3.17. The van der Waals surface area contributed by atoms with Gasteiger partial charge in [0, 0.05) is 27.6 Å². The Balaban J connectivity index is 1.67. The van der Waals surface area contributed by atoms with Crippen LogP contribution in [0.3, 0.4) is 0 Å². The molecule has 3 rings (SSSR count). The first kappa shape index (κ1) is 17.1. The molecule has 0 atom stereocenters. The summed E-state index contributed by atoms with van der Waals surface area (Å²) in [5.74, 6) is 0.173. The lowest BCUT2D eigenvalue weighted by molar-refractivity contribution is -0.113. The van der Waals surface area contributed by atoms with E-state index < -0.39 is 0 Å². The zero-order chi connectivity index (χ0) is 16.9. The van der Waals surface area contributed by atoms with Crippen molar-refractivity contribution < 1.29 is 4.79 Å². The first-order valence-electron chi connectivity index (χ1n) is 7.10. The second-order valence-electron chi connectivity index (χ2n) is 4.88. The van der Waals surface area contributed by atoms with Gasteiger partial charge in [-0.3, -0.25) is 9.36 Å². The van der Waals surface area contributed by atoms with Crippen LogP contribution < -0.4 is 5.32 Å². The fourth-order valence-electron chi connectivity index (χ4n) is 2.10. The maximum atomic E-state index is 12.2. The molecule has 24 heavy (non-hydrogen) atoms. The molecular formula is C17H13BrClN3OS. The molecular weight excluding hydrogens is 410 g/mol. The largest absolute Gasteiger partial charge is 0.324 e. The van der Waals surface area contributed by atoms with Gasteiger partial charge in [0.25, 0.3) is 0 Å². The zero-order valence-electron chi connectivity index (χ0n) is 12.4. The standard InChI is InChI=1S/C17H13BrClN3OS/c18-14-6-1-2-7-15(14)21-16(23)11-24-17-20-8-9-22(17)13-5-3-4-12(19)10-13/h1-10H,11H2,(H,21,23). The summed E-state index contributed by atoms with van der Waals surface area (Å²) in [6, 6.07) is 15.0. The van der Waals surface area contributed by atoms with E-state index in [0.29, 0.717) is 5.02 Å². The Morgan fingerprint density at radius 1 is 1.25 bits per heavy atom. The van der Waals surface area contributed by atoms with E-state index in [0.717, 1.165) is 21.0 Å². The van der Waals surface area contributed by atoms with Gasteiger partial charge in [-0.2, -0.15) is 0 Å². The number of nitrogens with zero attached hydrogens (tertiary/aromatic N) is 2. The molecule has 0 aliphatic rings. The highest BCUT2D eigenvalue weighted by molar-refractivity contribution is 9.10. The van der Waals surface area contributed by atoms with Crippen molar-refractivity contribution in [3.05, 3.63) is 70.4 Å². The molecule has 0 saturated carbocycles. The molecule has 1 N–H and O–H groups in total. The Hall–Kier alpha value is -1.76. The van der Waals surface area contributed by atoms with Crippen molar-refractivity contribution >= 4 is 50.9 Å². The van der Waals surface area contributed by atoms with E-state index in [4.69, 9.17) is 11.6 Å². The van der Waals surface area contributed by atoms with Crippen molar-refractivity contribution in [2.24, 2.45) is 0 Å². The molecule has 122 valence electrons. The number of rotatable bonds is 5. The summed E-state index contributed by atoms with van der Waals surface area (Å²) in [7, 11) is 0. The Morgan fingerprint density at radius 3 is 2.88 bits per heavy atom. The van der Waals surface area contributed by atoms with Crippen molar-refractivity contribution in [1.29, 1.82) is 0 Å². The molecule has 0 fully saturated rings. The first-order chi connectivity index (χ1) is 11.6. The van der Waals surface area contributed by atoms with Gasteiger partial charge in [-0.1, -0.05) is 41.6 Å². The number of carbonyl (C=O) groups excluding carboxylic acids is 1. The molecule has 3 aromatic rings. The number of thioether (sulfide) groups is 1. The Kier molecular flexibility index (Phi) is 5.60. The van der Waals surface area contributed by atoms with E-state index in [1.54, 1.807) is 6.20 Å². The van der Waals surface area contributed by atoms with E-state index >= 15 is 0 Å². The predicted octanol–water partition coefficient (Wildman–Crippen LogP) is 5.02. The normalized spacial score (nSPS) is 10.6. The number of hydrogen-bond acceptors (Lipinski definition) is 3. The highest BCUT2D eigenvalue weighted by atomic mass is 79.9. The van der Waals surface area contributed by atoms with E-state index in [1.807, 2.05) is 59.3 Å². The molecule has 2 aromatic carbocycles. The molecule has 4 nitrogen and oxygen atoms in total. The van der Waals surface area contributed by atoms with Crippen molar-refractivity contribution in [3.8, 4) is 5.69 Å². The topological polar surface area (TPSA) is 46.9 Å². The van der Waals surface area contributed by atoms with Gasteiger partial charge in [0.2, 0.25) is 5.91 Å². The highest BCUT2D eigenvalue weighted by Gasteiger charge is 2.10. The van der Waals surface area contributed by atoms with Crippen molar-refractivity contribution in [2.45, 2.75) is 5.16 Å². The summed E-state index contributed by atoms with van der Waals surface area (Å²) >= 11 is 10.8. The minimum Gasteiger partial charge on any atom is -0.324 e. The number of carbonyl (C=O) groups is 1. The fraction of sp³-hybridized carbons (Fsp3) is 0.0588. The fourth-order valence-corrected chi connectivity index (χ4v) is 3.44. The SMILES string of the molecule is O=C(CSc1nccn1-c1cccc(Cl)c1)Nc1ccccc1Br. The number of imidazole rings is 1. The van der Waals surface area contributed by atoms with E-state index in [-0.39, 0.29) is 11.7 Å². The Morgan fingerprint density at radius 2 is 2.08 bits per heavy atom. The van der Waals surface area contributed by atoms with Gasteiger partial charge < -0.3 is 5.32 Å². The summed E-state index contributed by atoms with van der Waals surface area (Å²) in [6.45, 7) is 0. The van der Waals surface area contributed by atoms with Crippen LogP contribution >= 0.6 is 39.3 Å². The van der Waals surface area contributed by atoms with Crippen molar-refractivity contribution in [2.75, 3.05) is 11.1 Å². The number of para-hydroxylation sites is 1. The van der Waals surface area contributed by atoms with Crippen LogP contribution in [0.4, 0.5) is 5.69 Å². The van der Waals surface area contributed by atoms with Crippen LogP contribution in [0.5, 0.6) is 0 Å². The number of aromatic nitrogens is 2. The molecule has 7 heteroatoms. The predicted molar refractivity (Wildman–Crippen MR) is 102 cm³/mol. The number of halogens is 2. The third-order valence-corrected chi connectivity index (χ3v) is 5.07. The molecule has 0 aliphatic carbocycles. The average molecular weight is 423 g/mol. The van der Waals surface area contributed by atoms with Gasteiger partial charge >= 0.3 is 0 Å². The minimum absolute atomic E-state index is 0.0902. The van der Waals surface area contributed by atoms with Gasteiger partial charge in [-0.25, -0.2) is 4.98 Å². The second-order valence-corrected chi connectivity index (χ2v) is 7.11. The minimum atomic E-state index is -0.0902. The molecule has 1 amide bonds. The quantitative estimate of drug-likeness (QED) is 0.587. The first-order valence-corrected chi connectivity index (χ1v) is 9.25. The number of nitrogens with one attached hydrogen (secondary N) is 1. The van der Waals surface area contributed by atoms with Crippen molar-refractivity contribution in [3.63, 3.8) is 0 Å². The molecule has 0 bridgehead atoms. The second kappa shape index (κ2) is 7.88. The molecule has 1 aromatic heterocycles. The molecule has 0 unspecified atom stereocenters. The Labute approximate surface area is 157 Å². The van der Waals surface area contributed by atoms with Crippen LogP contribution in [0.1, 0.15) is 0 Å². The van der Waals surface area contributed by atoms with Gasteiger partial charge in [0.1, 0.15) is 0 Å². The molecule has 0 saturated heterocycles. The molecule has 0 radical (unpaired) electrons. The summed E-state index contributed by atoms with van der Waals surface area (Å²) in [6.07, 6.45) is 3.55. The number of anilines is 1. The van der Waals surface area contributed by atoms with Gasteiger partial charge in [0.15, 0.2) is 5.16 Å². The van der Waals surface area contributed by atoms with E-state index in [1.165, 1.54) is 11.8 Å². The van der Waals surface area contributed by atoms with Crippen LogP contribution in [0.25, 0.3) is 5.69 Å². The smallest absolute Gasteiger partial charge is 0.234 e. The van der Waals surface area contributed by atoms with Crippen LogP contribution in [-0.2, 0) is 4.79 Å². The summed E-state index contributed by atoms with van der Waals surface area (Å²) in [5.41, 5.74) is 1.66. The van der Waals surface area contributed by atoms with Crippen LogP contribution in [0, 0.1) is 0 Å². The lowest BCUT2D eigenvalue weighted by Gasteiger charge is -2.09. The lowest BCUT2D eigenvalue weighted by atomic mass is 10.3. The third kappa shape index (κ3) is 4.20. The number of hydrogen-bond donors (Lipinski definition) is 1. The summed E-state index contributed by atoms with van der Waals surface area (Å²) in [4.78, 5) is 16.5. The molecule has 0 aliphatic heterocycles. The van der Waals surface area contributed by atoms with Gasteiger partial charge in [-0.05, 0) is 46.3 Å². The Bertz CT molecular complexity index is 868. The van der Waals surface area contributed by atoms with Gasteiger partial charge in [-0.15, -0.1) is 0 Å². The average Bonchev–Trinajstić information content (AvgIpc) is 3.04. The zero-order valence-corrected chi connectivity index (χ0v) is 15.6. The maximum absolute atomic E-state index is 12.2. The highest BCUT2D eigenvalue weighted by Crippen LogP contribution is 2.24. The van der Waals surface area contributed by atoms with Crippen molar-refractivity contribution in [1.82, 2.24) is 9.55 Å². The molecule has 1 heterocycles. The number of amides is 1. The van der Waals surface area contributed by atoms with E-state index in [9.17, 15) is 4.79 Å². The lowest BCUT2D eigenvalue weighted by Crippen LogP contribution is -2.14. The summed E-state index contributed by atoms with van der Waals surface area (Å²) in [5, 5.41) is 4.27. The van der Waals surface area contributed by atoms with E-state index in [2.05, 4.69) is 26.2 Å². The van der Waals surface area contributed by atoms with Gasteiger partial charge in [0.05, 0.1) is 11.4 Å². The maximum Gasteiger partial charge on any atom is 0.234 e. The van der Waals surface area contributed by atoms with Crippen LogP contribution in [0.15, 0.2) is 70.6 Å². The van der Waals surface area contributed by atoms with Crippen LogP contribution in [0.2, 0.25) is 5.02 Å².